The summed E-state index contributed by atoms with van der Waals surface area (Å²) in [4.78, 5) is 9.76. The molecule has 20 heavy (non-hydrogen) atoms. The lowest BCUT2D eigenvalue weighted by molar-refractivity contribution is 0.525. The first kappa shape index (κ1) is 16.0. The van der Waals surface area contributed by atoms with Crippen LogP contribution in [-0.4, -0.2) is 17.0 Å². The molecule has 0 aliphatic heterocycles. The van der Waals surface area contributed by atoms with Crippen LogP contribution in [0.5, 0.6) is 0 Å². The third kappa shape index (κ3) is 3.62. The maximum Gasteiger partial charge on any atom is 0.143 e. The van der Waals surface area contributed by atoms with Crippen LogP contribution in [0.15, 0.2) is 0 Å². The predicted octanol–water partition coefficient (Wildman–Crippen LogP) is 4.86. The summed E-state index contributed by atoms with van der Waals surface area (Å²) in [6.45, 7) is 6.69. The van der Waals surface area contributed by atoms with E-state index >= 15 is 0 Å². The van der Waals surface area contributed by atoms with E-state index in [1.807, 2.05) is 7.05 Å². The third-order valence-corrected chi connectivity index (χ3v) is 5.06. The number of nitrogens with one attached hydrogen (secondary N) is 1. The highest BCUT2D eigenvalue weighted by molar-refractivity contribution is 14.1. The fourth-order valence-corrected chi connectivity index (χ4v) is 4.17. The van der Waals surface area contributed by atoms with Crippen LogP contribution in [0.2, 0.25) is 0 Å². The number of nitrogens with zero attached hydrogens (tertiary/aromatic N) is 2. The summed E-state index contributed by atoms with van der Waals surface area (Å²) in [5, 5.41) is 3.24. The van der Waals surface area contributed by atoms with Gasteiger partial charge in [-0.05, 0) is 35.4 Å². The molecule has 0 amide bonds. The molecule has 1 aliphatic rings. The van der Waals surface area contributed by atoms with Crippen molar-refractivity contribution in [2.24, 2.45) is 0 Å². The van der Waals surface area contributed by atoms with Crippen molar-refractivity contribution in [3.05, 3.63) is 15.1 Å². The van der Waals surface area contributed by atoms with Gasteiger partial charge in [-0.15, -0.1) is 0 Å². The Kier molecular flexibility index (Phi) is 5.26. The van der Waals surface area contributed by atoms with Crippen LogP contribution >= 0.6 is 22.6 Å². The minimum absolute atomic E-state index is 0.0601. The Morgan fingerprint density at radius 1 is 1.05 bits per heavy atom. The van der Waals surface area contributed by atoms with Crippen molar-refractivity contribution >= 4 is 28.4 Å². The van der Waals surface area contributed by atoms with Gasteiger partial charge >= 0.3 is 0 Å². The molecule has 1 aliphatic carbocycles. The lowest BCUT2D eigenvalue weighted by Gasteiger charge is -2.23. The van der Waals surface area contributed by atoms with Gasteiger partial charge in [0.25, 0.3) is 0 Å². The molecule has 1 saturated carbocycles. The van der Waals surface area contributed by atoms with E-state index in [0.717, 1.165) is 15.2 Å². The van der Waals surface area contributed by atoms with E-state index < -0.39 is 0 Å². The van der Waals surface area contributed by atoms with Crippen LogP contribution in [0.1, 0.15) is 76.7 Å². The van der Waals surface area contributed by atoms with Crippen molar-refractivity contribution in [2.45, 2.75) is 70.6 Å². The smallest absolute Gasteiger partial charge is 0.143 e. The van der Waals surface area contributed by atoms with E-state index in [0.29, 0.717) is 5.92 Å². The molecule has 0 radical (unpaired) electrons. The molecule has 1 N–H and O–H groups in total. The average Bonchev–Trinajstić information content (AvgIpc) is 2.66. The van der Waals surface area contributed by atoms with Gasteiger partial charge in [-0.2, -0.15) is 0 Å². The van der Waals surface area contributed by atoms with Gasteiger partial charge < -0.3 is 5.32 Å². The highest BCUT2D eigenvalue weighted by Gasteiger charge is 2.25. The number of aromatic nitrogens is 2. The molecule has 0 saturated heterocycles. The molecular formula is C16H26IN3. The van der Waals surface area contributed by atoms with Crippen LogP contribution < -0.4 is 5.32 Å². The zero-order valence-electron chi connectivity index (χ0n) is 13.1. The first-order chi connectivity index (χ1) is 9.43. The minimum atomic E-state index is 0.0601. The molecule has 4 heteroatoms. The number of anilines is 1. The van der Waals surface area contributed by atoms with Gasteiger partial charge in [0, 0.05) is 18.4 Å². The van der Waals surface area contributed by atoms with Gasteiger partial charge in [-0.3, -0.25) is 0 Å². The van der Waals surface area contributed by atoms with Crippen molar-refractivity contribution in [3.63, 3.8) is 0 Å². The molecule has 0 unspecified atom stereocenters. The normalized spacial score (nSPS) is 17.9. The van der Waals surface area contributed by atoms with Crippen LogP contribution in [0.4, 0.5) is 5.82 Å². The maximum absolute atomic E-state index is 4.96. The monoisotopic (exact) mass is 387 g/mol. The summed E-state index contributed by atoms with van der Waals surface area (Å²) in [5.74, 6) is 2.59. The zero-order chi connectivity index (χ0) is 14.8. The van der Waals surface area contributed by atoms with Gasteiger partial charge in [0.05, 0.1) is 9.26 Å². The molecule has 3 nitrogen and oxygen atoms in total. The molecule has 0 atom stereocenters. The number of hydrogen-bond donors (Lipinski definition) is 1. The van der Waals surface area contributed by atoms with Gasteiger partial charge in [-0.1, -0.05) is 46.5 Å². The van der Waals surface area contributed by atoms with Gasteiger partial charge in [0.15, 0.2) is 0 Å². The standard InChI is InChI=1S/C16H26IN3/c1-16(2,3)13-12(17)15(18-4)20-14(19-13)11-9-7-5-6-8-10-11/h11H,5-10H2,1-4H3,(H,18,19,20). The Bertz CT molecular complexity index is 458. The molecule has 0 spiro atoms. The van der Waals surface area contributed by atoms with E-state index in [-0.39, 0.29) is 5.41 Å². The fourth-order valence-electron chi connectivity index (χ4n) is 2.85. The number of hydrogen-bond acceptors (Lipinski definition) is 3. The molecule has 0 bridgehead atoms. The summed E-state index contributed by atoms with van der Waals surface area (Å²) in [7, 11) is 1.95. The second-order valence-electron chi connectivity index (χ2n) is 6.78. The summed E-state index contributed by atoms with van der Waals surface area (Å²) in [6.07, 6.45) is 7.86. The first-order valence-electron chi connectivity index (χ1n) is 7.69. The highest BCUT2D eigenvalue weighted by atomic mass is 127. The number of halogens is 1. The van der Waals surface area contributed by atoms with Crippen LogP contribution in [0.3, 0.4) is 0 Å². The van der Waals surface area contributed by atoms with Crippen molar-refractivity contribution in [1.82, 2.24) is 9.97 Å². The second-order valence-corrected chi connectivity index (χ2v) is 7.86. The highest BCUT2D eigenvalue weighted by Crippen LogP contribution is 2.34. The van der Waals surface area contributed by atoms with E-state index in [2.05, 4.69) is 48.7 Å². The lowest BCUT2D eigenvalue weighted by atomic mass is 9.91. The maximum atomic E-state index is 4.96. The summed E-state index contributed by atoms with van der Waals surface area (Å²) in [6, 6.07) is 0. The number of rotatable bonds is 2. The van der Waals surface area contributed by atoms with Gasteiger partial charge in [0.1, 0.15) is 11.6 Å². The first-order valence-corrected chi connectivity index (χ1v) is 8.77. The van der Waals surface area contributed by atoms with E-state index in [4.69, 9.17) is 9.97 Å². The molecule has 1 aromatic heterocycles. The van der Waals surface area contributed by atoms with Crippen LogP contribution in [-0.2, 0) is 5.41 Å². The van der Waals surface area contributed by atoms with Crippen LogP contribution in [0, 0.1) is 3.57 Å². The molecular weight excluding hydrogens is 361 g/mol. The Hall–Kier alpha value is -0.390. The predicted molar refractivity (Wildman–Crippen MR) is 93.4 cm³/mol. The molecule has 0 aromatic carbocycles. The van der Waals surface area contributed by atoms with Crippen molar-refractivity contribution in [3.8, 4) is 0 Å². The average molecular weight is 387 g/mol. The van der Waals surface area contributed by atoms with Crippen molar-refractivity contribution in [2.75, 3.05) is 12.4 Å². The van der Waals surface area contributed by atoms with Crippen LogP contribution in [0.25, 0.3) is 0 Å². The Morgan fingerprint density at radius 2 is 1.65 bits per heavy atom. The fraction of sp³-hybridized carbons (Fsp3) is 0.750. The molecule has 1 fully saturated rings. The molecule has 1 aromatic rings. The third-order valence-electron chi connectivity index (χ3n) is 4.04. The molecule has 2 rings (SSSR count). The quantitative estimate of drug-likeness (QED) is 0.582. The summed E-state index contributed by atoms with van der Waals surface area (Å²) in [5.41, 5.74) is 1.24. The van der Waals surface area contributed by atoms with Gasteiger partial charge in [0.2, 0.25) is 0 Å². The summed E-state index contributed by atoms with van der Waals surface area (Å²) >= 11 is 2.37. The Labute approximate surface area is 136 Å². The van der Waals surface area contributed by atoms with E-state index in [9.17, 15) is 0 Å². The SMILES string of the molecule is CNc1nc(C2CCCCCC2)nc(C(C)(C)C)c1I. The van der Waals surface area contributed by atoms with E-state index in [1.165, 1.54) is 44.2 Å². The lowest BCUT2D eigenvalue weighted by Crippen LogP contribution is -2.20. The van der Waals surface area contributed by atoms with Crippen molar-refractivity contribution in [1.29, 1.82) is 0 Å². The van der Waals surface area contributed by atoms with E-state index in [1.54, 1.807) is 0 Å². The zero-order valence-corrected chi connectivity index (χ0v) is 15.2. The molecule has 1 heterocycles. The van der Waals surface area contributed by atoms with Gasteiger partial charge in [-0.25, -0.2) is 9.97 Å². The topological polar surface area (TPSA) is 37.8 Å². The largest absolute Gasteiger partial charge is 0.372 e. The van der Waals surface area contributed by atoms with Crippen molar-refractivity contribution < 1.29 is 0 Å². The molecule has 112 valence electrons. The Balaban J connectivity index is 2.42. The summed E-state index contributed by atoms with van der Waals surface area (Å²) < 4.78 is 1.16. The Morgan fingerprint density at radius 3 is 2.15 bits per heavy atom. The minimum Gasteiger partial charge on any atom is -0.372 e. The second kappa shape index (κ2) is 6.58.